The van der Waals surface area contributed by atoms with E-state index in [-0.39, 0.29) is 25.7 Å². The van der Waals surface area contributed by atoms with Gasteiger partial charge in [-0.25, -0.2) is 9.13 Å². The molecule has 0 amide bonds. The van der Waals surface area contributed by atoms with Crippen molar-refractivity contribution < 1.29 is 80.2 Å². The lowest BCUT2D eigenvalue weighted by molar-refractivity contribution is -0.161. The normalized spacial score (nSPS) is 14.0. The third-order valence-corrected chi connectivity index (χ3v) is 20.8. The molecule has 100 heavy (non-hydrogen) atoms. The molecule has 0 bridgehead atoms. The van der Waals surface area contributed by atoms with Crippen LogP contribution < -0.4 is 0 Å². The molecule has 0 heterocycles. The molecule has 3 N–H and O–H groups in total. The molecule has 0 radical (unpaired) electrons. The van der Waals surface area contributed by atoms with E-state index in [0.717, 1.165) is 120 Å². The van der Waals surface area contributed by atoms with Gasteiger partial charge in [0.05, 0.1) is 26.4 Å². The van der Waals surface area contributed by atoms with Crippen molar-refractivity contribution in [1.82, 2.24) is 0 Å². The van der Waals surface area contributed by atoms with Gasteiger partial charge in [-0.15, -0.1) is 0 Å². The van der Waals surface area contributed by atoms with Crippen LogP contribution in [0.1, 0.15) is 421 Å². The van der Waals surface area contributed by atoms with Gasteiger partial charge in [-0.05, 0) is 43.4 Å². The summed E-state index contributed by atoms with van der Waals surface area (Å²) in [6, 6.07) is 0. The van der Waals surface area contributed by atoms with Gasteiger partial charge in [0.2, 0.25) is 0 Å². The molecule has 0 aromatic rings. The number of aliphatic hydroxyl groups excluding tert-OH is 1. The summed E-state index contributed by atoms with van der Waals surface area (Å²) in [6.07, 6.45) is 59.8. The van der Waals surface area contributed by atoms with Crippen LogP contribution in [0.15, 0.2) is 0 Å². The van der Waals surface area contributed by atoms with Crippen LogP contribution in [0, 0.1) is 17.8 Å². The first kappa shape index (κ1) is 98.1. The Morgan fingerprint density at radius 1 is 0.270 bits per heavy atom. The summed E-state index contributed by atoms with van der Waals surface area (Å²) < 4.78 is 68.6. The summed E-state index contributed by atoms with van der Waals surface area (Å²) in [5.74, 6) is 0.281. The van der Waals surface area contributed by atoms with Crippen LogP contribution >= 0.6 is 15.6 Å². The minimum atomic E-state index is -4.96. The highest BCUT2D eigenvalue weighted by atomic mass is 31.2. The van der Waals surface area contributed by atoms with E-state index in [9.17, 15) is 43.2 Å². The zero-order valence-corrected chi connectivity index (χ0v) is 67.5. The van der Waals surface area contributed by atoms with Crippen molar-refractivity contribution in [2.24, 2.45) is 17.8 Å². The first-order chi connectivity index (χ1) is 48.2. The van der Waals surface area contributed by atoms with Crippen molar-refractivity contribution in [1.29, 1.82) is 0 Å². The van der Waals surface area contributed by atoms with Gasteiger partial charge in [-0.1, -0.05) is 370 Å². The van der Waals surface area contributed by atoms with Crippen LogP contribution in [0.4, 0.5) is 0 Å². The van der Waals surface area contributed by atoms with Gasteiger partial charge < -0.3 is 33.8 Å². The molecule has 17 nitrogen and oxygen atoms in total. The highest BCUT2D eigenvalue weighted by Gasteiger charge is 2.30. The Labute approximate surface area is 613 Å². The lowest BCUT2D eigenvalue weighted by Gasteiger charge is -2.21. The van der Waals surface area contributed by atoms with E-state index < -0.39 is 97.5 Å². The second-order valence-electron chi connectivity index (χ2n) is 30.6. The van der Waals surface area contributed by atoms with Crippen molar-refractivity contribution in [2.75, 3.05) is 39.6 Å². The smallest absolute Gasteiger partial charge is 0.462 e. The molecule has 19 heteroatoms. The quantitative estimate of drug-likeness (QED) is 0.0222. The number of hydrogen-bond donors (Lipinski definition) is 3. The Bertz CT molecular complexity index is 1940. The predicted molar refractivity (Wildman–Crippen MR) is 409 cm³/mol. The maximum Gasteiger partial charge on any atom is 0.472 e. The topological polar surface area (TPSA) is 237 Å². The number of phosphoric acid groups is 2. The molecular formula is C81H158O17P2. The average molecular weight is 1470 g/mol. The molecule has 594 valence electrons. The van der Waals surface area contributed by atoms with Crippen molar-refractivity contribution >= 4 is 39.5 Å². The Kier molecular flexibility index (Phi) is 69.9. The molecular weight excluding hydrogens is 1310 g/mol. The number of hydrogen-bond acceptors (Lipinski definition) is 15. The first-order valence-electron chi connectivity index (χ1n) is 41.8. The highest BCUT2D eigenvalue weighted by molar-refractivity contribution is 7.47. The van der Waals surface area contributed by atoms with Gasteiger partial charge in [0.15, 0.2) is 12.2 Å². The molecule has 0 spiro atoms. The van der Waals surface area contributed by atoms with Gasteiger partial charge in [-0.3, -0.25) is 37.3 Å². The zero-order chi connectivity index (χ0) is 73.7. The zero-order valence-electron chi connectivity index (χ0n) is 65.7. The van der Waals surface area contributed by atoms with Crippen LogP contribution in [0.25, 0.3) is 0 Å². The maximum atomic E-state index is 13.1. The standard InChI is InChI=1S/C81H158O17P2/c1-8-9-10-11-38-48-55-62-78(83)91-68-76(97-80(85)65-58-51-44-37-31-25-24-28-34-41-47-54-61-74(6)7)70-95-99(87,88)93-66-75(82)67-94-100(89,90)96-71-77(69-92-79(84)63-56-49-42-35-29-22-19-18-21-27-33-40-46-53-60-73(4)5)98-81(86)64-57-50-43-36-30-23-17-15-13-12-14-16-20-26-32-39-45-52-59-72(2)3/h72-77,82H,8-71H2,1-7H3,(H,87,88)(H,89,90)/t75-,76+,77+/m0/s1. The Morgan fingerprint density at radius 3 is 0.680 bits per heavy atom. The fourth-order valence-corrected chi connectivity index (χ4v) is 14.1. The maximum absolute atomic E-state index is 13.1. The summed E-state index contributed by atoms with van der Waals surface area (Å²) in [7, 11) is -9.91. The molecule has 0 fully saturated rings. The molecule has 0 aliphatic carbocycles. The van der Waals surface area contributed by atoms with E-state index in [1.807, 2.05) is 0 Å². The summed E-state index contributed by atoms with van der Waals surface area (Å²) in [5, 5.41) is 10.6. The lowest BCUT2D eigenvalue weighted by atomic mass is 10.0. The van der Waals surface area contributed by atoms with E-state index in [1.165, 1.54) is 218 Å². The highest BCUT2D eigenvalue weighted by Crippen LogP contribution is 2.45. The minimum absolute atomic E-state index is 0.106. The molecule has 0 aliphatic rings. The van der Waals surface area contributed by atoms with E-state index >= 15 is 0 Å². The van der Waals surface area contributed by atoms with Crippen molar-refractivity contribution in [3.8, 4) is 0 Å². The van der Waals surface area contributed by atoms with Crippen molar-refractivity contribution in [3.05, 3.63) is 0 Å². The summed E-state index contributed by atoms with van der Waals surface area (Å²) in [6.45, 7) is 12.0. The van der Waals surface area contributed by atoms with E-state index in [4.69, 9.17) is 37.0 Å². The van der Waals surface area contributed by atoms with Gasteiger partial charge in [-0.2, -0.15) is 0 Å². The van der Waals surface area contributed by atoms with Gasteiger partial charge in [0, 0.05) is 25.7 Å². The number of aliphatic hydroxyl groups is 1. The molecule has 0 aromatic heterocycles. The summed E-state index contributed by atoms with van der Waals surface area (Å²) >= 11 is 0. The molecule has 0 aromatic carbocycles. The average Bonchev–Trinajstić information content (AvgIpc) is 0.931. The van der Waals surface area contributed by atoms with Gasteiger partial charge in [0.1, 0.15) is 19.3 Å². The Hall–Kier alpha value is -1.94. The minimum Gasteiger partial charge on any atom is -0.462 e. The van der Waals surface area contributed by atoms with Crippen LogP contribution in [0.2, 0.25) is 0 Å². The summed E-state index contributed by atoms with van der Waals surface area (Å²) in [4.78, 5) is 72.9. The van der Waals surface area contributed by atoms with E-state index in [0.29, 0.717) is 25.7 Å². The third kappa shape index (κ3) is 74.3. The molecule has 2 unspecified atom stereocenters. The molecule has 5 atom stereocenters. The fourth-order valence-electron chi connectivity index (χ4n) is 12.5. The van der Waals surface area contributed by atoms with Crippen LogP contribution in [0.3, 0.4) is 0 Å². The SMILES string of the molecule is CCCCCCCCCC(=O)OC[C@H](COP(=O)(O)OC[C@H](O)COP(=O)(O)OC[C@@H](COC(=O)CCCCCCCCCCCCCCCCC(C)C)OC(=O)CCCCCCCCCCCCCCCCCCCCC(C)C)OC(=O)CCCCCCCCCCCCCCC(C)C. The number of rotatable bonds is 79. The van der Waals surface area contributed by atoms with Gasteiger partial charge >= 0.3 is 39.5 Å². The lowest BCUT2D eigenvalue weighted by Crippen LogP contribution is -2.30. The molecule has 0 rings (SSSR count). The van der Waals surface area contributed by atoms with Crippen LogP contribution in [-0.4, -0.2) is 96.7 Å². The summed E-state index contributed by atoms with van der Waals surface area (Å²) in [5.41, 5.74) is 0. The Morgan fingerprint density at radius 2 is 0.460 bits per heavy atom. The third-order valence-electron chi connectivity index (χ3n) is 18.9. The monoisotopic (exact) mass is 1470 g/mol. The number of carbonyl (C=O) groups excluding carboxylic acids is 4. The van der Waals surface area contributed by atoms with Crippen molar-refractivity contribution in [3.63, 3.8) is 0 Å². The second kappa shape index (κ2) is 71.3. The molecule has 0 aliphatic heterocycles. The van der Waals surface area contributed by atoms with Crippen LogP contribution in [-0.2, 0) is 65.4 Å². The number of carbonyl (C=O) groups is 4. The van der Waals surface area contributed by atoms with E-state index in [1.54, 1.807) is 0 Å². The van der Waals surface area contributed by atoms with E-state index in [2.05, 4.69) is 48.5 Å². The Balaban J connectivity index is 5.18. The largest absolute Gasteiger partial charge is 0.472 e. The number of phosphoric ester groups is 2. The van der Waals surface area contributed by atoms with Crippen LogP contribution in [0.5, 0.6) is 0 Å². The van der Waals surface area contributed by atoms with Crippen molar-refractivity contribution in [2.45, 2.75) is 439 Å². The van der Waals surface area contributed by atoms with Gasteiger partial charge in [0.25, 0.3) is 0 Å². The second-order valence-corrected chi connectivity index (χ2v) is 33.5. The number of esters is 4. The number of ether oxygens (including phenoxy) is 4. The fraction of sp³-hybridized carbons (Fsp3) is 0.951. The molecule has 0 saturated heterocycles. The number of unbranched alkanes of at least 4 members (excludes halogenated alkanes) is 47. The molecule has 0 saturated carbocycles. The first-order valence-corrected chi connectivity index (χ1v) is 44.8. The predicted octanol–water partition coefficient (Wildman–Crippen LogP) is 24.1.